The number of hydrogen-bond acceptors (Lipinski definition) is 6. The first kappa shape index (κ1) is 20.2. The van der Waals surface area contributed by atoms with Crippen LogP contribution in [0.3, 0.4) is 0 Å². The quantitative estimate of drug-likeness (QED) is 0.568. The number of phenols is 1. The molecule has 2 N–H and O–H groups in total. The van der Waals surface area contributed by atoms with Gasteiger partial charge in [-0.1, -0.05) is 42.5 Å². The molecule has 0 aliphatic heterocycles. The minimum atomic E-state index is -4.60. The number of nitro benzene ring substituents is 1. The Labute approximate surface area is 165 Å². The molecule has 0 aromatic heterocycles. The lowest BCUT2D eigenvalue weighted by Gasteiger charge is -2.23. The first-order chi connectivity index (χ1) is 13.6. The third-order valence-corrected chi connectivity index (χ3v) is 5.64. The average molecular weight is 418 g/mol. The van der Waals surface area contributed by atoms with Crippen molar-refractivity contribution in [1.82, 2.24) is 4.72 Å². The molecule has 29 heavy (non-hydrogen) atoms. The zero-order valence-corrected chi connectivity index (χ0v) is 15.6. The van der Waals surface area contributed by atoms with Crippen LogP contribution >= 0.6 is 0 Å². The Morgan fingerprint density at radius 2 is 1.90 bits per heavy atom. The molecule has 10 heteroatoms. The molecule has 1 amide bonds. The molecular weight excluding hydrogens is 403 g/mol. The number of carbonyl (C=O) groups is 1. The Hall–Kier alpha value is -3.53. The molecule has 0 bridgehead atoms. The van der Waals surface area contributed by atoms with Gasteiger partial charge in [0.25, 0.3) is 15.9 Å². The van der Waals surface area contributed by atoms with Crippen LogP contribution in [0.4, 0.5) is 10.1 Å². The smallest absolute Gasteiger partial charge is 0.312 e. The number of aromatic hydroxyl groups is 1. The van der Waals surface area contributed by atoms with Gasteiger partial charge in [-0.05, 0) is 29.3 Å². The molecule has 2 aromatic carbocycles. The van der Waals surface area contributed by atoms with E-state index in [1.165, 1.54) is 12.2 Å². The Morgan fingerprint density at radius 1 is 1.21 bits per heavy atom. The van der Waals surface area contributed by atoms with Crippen LogP contribution in [0.2, 0.25) is 0 Å². The molecule has 1 unspecified atom stereocenters. The van der Waals surface area contributed by atoms with Gasteiger partial charge in [0.2, 0.25) is 5.67 Å². The fourth-order valence-electron chi connectivity index (χ4n) is 2.71. The number of nitrogens with zero attached hydrogens (tertiary/aromatic N) is 1. The van der Waals surface area contributed by atoms with Gasteiger partial charge in [0.05, 0.1) is 9.82 Å². The summed E-state index contributed by atoms with van der Waals surface area (Å²) in [4.78, 5) is 21.5. The zero-order valence-electron chi connectivity index (χ0n) is 14.8. The van der Waals surface area contributed by atoms with Crippen molar-refractivity contribution in [3.05, 3.63) is 82.4 Å². The second-order valence-corrected chi connectivity index (χ2v) is 7.95. The van der Waals surface area contributed by atoms with Crippen molar-refractivity contribution >= 4 is 27.2 Å². The Bertz CT molecular complexity index is 1140. The van der Waals surface area contributed by atoms with Crippen molar-refractivity contribution in [3.8, 4) is 5.75 Å². The summed E-state index contributed by atoms with van der Waals surface area (Å²) in [6, 6.07) is 11.3. The molecule has 2 aromatic rings. The molecule has 3 rings (SSSR count). The van der Waals surface area contributed by atoms with Crippen LogP contribution in [-0.4, -0.2) is 30.0 Å². The second kappa shape index (κ2) is 7.47. The van der Waals surface area contributed by atoms with Crippen LogP contribution in [0.5, 0.6) is 5.75 Å². The van der Waals surface area contributed by atoms with Crippen molar-refractivity contribution < 1.29 is 27.6 Å². The highest BCUT2D eigenvalue weighted by atomic mass is 32.2. The summed E-state index contributed by atoms with van der Waals surface area (Å²) in [6.45, 7) is 0. The fourth-order valence-corrected chi connectivity index (χ4v) is 3.76. The summed E-state index contributed by atoms with van der Waals surface area (Å²) in [5.41, 5.74) is -1.96. The molecule has 1 aliphatic rings. The van der Waals surface area contributed by atoms with Gasteiger partial charge in [-0.2, -0.15) is 0 Å². The number of benzene rings is 2. The largest absolute Gasteiger partial charge is 0.502 e. The molecule has 1 atom stereocenters. The Morgan fingerprint density at radius 3 is 2.48 bits per heavy atom. The van der Waals surface area contributed by atoms with E-state index in [2.05, 4.69) is 0 Å². The molecule has 0 saturated carbocycles. The van der Waals surface area contributed by atoms with Gasteiger partial charge >= 0.3 is 5.69 Å². The maximum atomic E-state index is 15.0. The molecule has 8 nitrogen and oxygen atoms in total. The Kier molecular flexibility index (Phi) is 5.21. The monoisotopic (exact) mass is 418 g/mol. The highest BCUT2D eigenvalue weighted by Crippen LogP contribution is 2.31. The van der Waals surface area contributed by atoms with Gasteiger partial charge in [0.1, 0.15) is 0 Å². The minimum Gasteiger partial charge on any atom is -0.502 e. The number of allylic oxidation sites excluding steroid dienone is 3. The van der Waals surface area contributed by atoms with Crippen molar-refractivity contribution in [3.63, 3.8) is 0 Å². The van der Waals surface area contributed by atoms with Crippen molar-refractivity contribution in [1.29, 1.82) is 0 Å². The lowest BCUT2D eigenvalue weighted by Crippen LogP contribution is -2.45. The minimum absolute atomic E-state index is 0.384. The second-order valence-electron chi connectivity index (χ2n) is 6.27. The molecule has 0 saturated heterocycles. The number of hydrogen-bond donors (Lipinski definition) is 2. The zero-order chi connectivity index (χ0) is 21.2. The van der Waals surface area contributed by atoms with E-state index in [4.69, 9.17) is 0 Å². The first-order valence-corrected chi connectivity index (χ1v) is 9.79. The first-order valence-electron chi connectivity index (χ1n) is 8.31. The highest BCUT2D eigenvalue weighted by molar-refractivity contribution is 7.90. The fraction of sp³-hybridized carbons (Fsp3) is 0.105. The van der Waals surface area contributed by atoms with Gasteiger partial charge in [0.15, 0.2) is 5.75 Å². The Balaban J connectivity index is 1.80. The number of halogens is 1. The summed E-state index contributed by atoms with van der Waals surface area (Å²) in [7, 11) is -4.60. The van der Waals surface area contributed by atoms with Gasteiger partial charge in [-0.25, -0.2) is 17.5 Å². The molecule has 0 spiro atoms. The van der Waals surface area contributed by atoms with Crippen LogP contribution < -0.4 is 4.72 Å². The maximum absolute atomic E-state index is 15.0. The number of nitrogens with one attached hydrogen (secondary N) is 1. The maximum Gasteiger partial charge on any atom is 0.312 e. The summed E-state index contributed by atoms with van der Waals surface area (Å²) < 4.78 is 41.3. The SMILES string of the molecule is O=C(NS(=O)(=O)c1ccc(O)c([N+](=O)[O-])c1)C1(F)C=CC(c2ccccc2)=CC1. The van der Waals surface area contributed by atoms with E-state index in [-0.39, 0.29) is 6.42 Å². The number of carbonyl (C=O) groups excluding carboxylic acids is 1. The van der Waals surface area contributed by atoms with Crippen molar-refractivity contribution in [2.24, 2.45) is 0 Å². The molecule has 1 aliphatic carbocycles. The van der Waals surface area contributed by atoms with Crippen LogP contribution in [0.15, 0.2) is 71.7 Å². The topological polar surface area (TPSA) is 127 Å². The predicted molar refractivity (Wildman–Crippen MR) is 102 cm³/mol. The van der Waals surface area contributed by atoms with Gasteiger partial charge in [0, 0.05) is 12.5 Å². The number of amides is 1. The van der Waals surface area contributed by atoms with Gasteiger partial charge in [-0.15, -0.1) is 0 Å². The normalized spacial score (nSPS) is 18.7. The van der Waals surface area contributed by atoms with E-state index in [1.807, 2.05) is 18.2 Å². The third-order valence-electron chi connectivity index (χ3n) is 4.31. The van der Waals surface area contributed by atoms with E-state index < -0.39 is 42.9 Å². The molecule has 0 fully saturated rings. The van der Waals surface area contributed by atoms with E-state index in [0.717, 1.165) is 23.8 Å². The lowest BCUT2D eigenvalue weighted by atomic mass is 9.90. The van der Waals surface area contributed by atoms with E-state index in [1.54, 1.807) is 16.9 Å². The van der Waals surface area contributed by atoms with E-state index in [9.17, 15) is 28.4 Å². The number of phenolic OH excluding ortho intramolecular Hbond substituents is 1. The number of sulfonamides is 1. The average Bonchev–Trinajstić information content (AvgIpc) is 2.69. The van der Waals surface area contributed by atoms with E-state index in [0.29, 0.717) is 11.6 Å². The lowest BCUT2D eigenvalue weighted by molar-refractivity contribution is -0.386. The number of rotatable bonds is 5. The highest BCUT2D eigenvalue weighted by Gasteiger charge is 2.39. The van der Waals surface area contributed by atoms with Gasteiger partial charge < -0.3 is 5.11 Å². The number of nitro groups is 1. The summed E-state index contributed by atoms with van der Waals surface area (Å²) in [5.74, 6) is -2.16. The predicted octanol–water partition coefficient (Wildman–Crippen LogP) is 2.86. The van der Waals surface area contributed by atoms with Gasteiger partial charge in [-0.3, -0.25) is 14.9 Å². The summed E-state index contributed by atoms with van der Waals surface area (Å²) >= 11 is 0. The third kappa shape index (κ3) is 4.16. The van der Waals surface area contributed by atoms with Crippen LogP contribution in [0.1, 0.15) is 12.0 Å². The van der Waals surface area contributed by atoms with Crippen LogP contribution in [0, 0.1) is 10.1 Å². The standard InChI is InChI=1S/C19H15FN2O6S/c20-19(10-8-14(9-11-19)13-4-2-1-3-5-13)18(24)21-29(27,28)15-6-7-17(23)16(12-15)22(25)26/h1-10,12,23H,11H2,(H,21,24). The van der Waals surface area contributed by atoms with E-state index >= 15 is 4.39 Å². The number of alkyl halides is 1. The van der Waals surface area contributed by atoms with Crippen molar-refractivity contribution in [2.45, 2.75) is 17.0 Å². The van der Waals surface area contributed by atoms with Crippen LogP contribution in [0.25, 0.3) is 5.57 Å². The molecule has 150 valence electrons. The molecular formula is C19H15FN2O6S. The van der Waals surface area contributed by atoms with Crippen molar-refractivity contribution in [2.75, 3.05) is 0 Å². The molecule has 0 heterocycles. The molecule has 0 radical (unpaired) electrons. The van der Waals surface area contributed by atoms with Crippen LogP contribution in [-0.2, 0) is 14.8 Å². The summed E-state index contributed by atoms with van der Waals surface area (Å²) in [5, 5.41) is 20.3. The summed E-state index contributed by atoms with van der Waals surface area (Å²) in [6.07, 6.45) is 3.45.